The van der Waals surface area contributed by atoms with Gasteiger partial charge in [-0.1, -0.05) is 23.2 Å². The van der Waals surface area contributed by atoms with Gasteiger partial charge in [0, 0.05) is 5.56 Å². The van der Waals surface area contributed by atoms with Gasteiger partial charge in [-0.15, -0.1) is 0 Å². The fourth-order valence-corrected chi connectivity index (χ4v) is 2.11. The number of halogens is 3. The SMILES string of the molecule is CCOC(=O)[C@H](C)c1c(Cl)nc(Cl)nc1Cl. The second kappa shape index (κ2) is 5.66. The van der Waals surface area contributed by atoms with Crippen molar-refractivity contribution in [2.45, 2.75) is 19.8 Å². The van der Waals surface area contributed by atoms with Crippen LogP contribution in [0, 0.1) is 0 Å². The minimum atomic E-state index is -0.628. The van der Waals surface area contributed by atoms with Crippen LogP contribution in [0.5, 0.6) is 0 Å². The molecule has 16 heavy (non-hydrogen) atoms. The molecule has 1 atom stereocenters. The number of esters is 1. The third kappa shape index (κ3) is 2.97. The molecule has 0 amide bonds. The van der Waals surface area contributed by atoms with Crippen LogP contribution in [-0.2, 0) is 9.53 Å². The van der Waals surface area contributed by atoms with E-state index in [1.807, 2.05) is 0 Å². The van der Waals surface area contributed by atoms with Gasteiger partial charge in [-0.25, -0.2) is 9.97 Å². The fourth-order valence-electron chi connectivity index (χ4n) is 1.13. The number of ether oxygens (including phenoxy) is 1. The topological polar surface area (TPSA) is 52.1 Å². The van der Waals surface area contributed by atoms with Crippen LogP contribution in [0.4, 0.5) is 0 Å². The van der Waals surface area contributed by atoms with Gasteiger partial charge in [0.2, 0.25) is 5.28 Å². The molecule has 1 aromatic heterocycles. The van der Waals surface area contributed by atoms with E-state index < -0.39 is 11.9 Å². The third-order valence-corrected chi connectivity index (χ3v) is 2.64. The molecule has 0 saturated carbocycles. The maximum Gasteiger partial charge on any atom is 0.313 e. The first-order valence-corrected chi connectivity index (χ1v) is 5.65. The molecule has 0 aliphatic carbocycles. The van der Waals surface area contributed by atoms with Crippen LogP contribution in [0.1, 0.15) is 25.3 Å². The van der Waals surface area contributed by atoms with Gasteiger partial charge in [-0.2, -0.15) is 0 Å². The highest BCUT2D eigenvalue weighted by Crippen LogP contribution is 2.30. The zero-order chi connectivity index (χ0) is 12.3. The van der Waals surface area contributed by atoms with Crippen LogP contribution in [0.3, 0.4) is 0 Å². The van der Waals surface area contributed by atoms with Crippen LogP contribution < -0.4 is 0 Å². The number of carbonyl (C=O) groups is 1. The van der Waals surface area contributed by atoms with E-state index >= 15 is 0 Å². The Bertz CT molecular complexity index is 389. The van der Waals surface area contributed by atoms with Crippen molar-refractivity contribution >= 4 is 40.8 Å². The average molecular weight is 284 g/mol. The van der Waals surface area contributed by atoms with Crippen molar-refractivity contribution < 1.29 is 9.53 Å². The second-order valence-electron chi connectivity index (χ2n) is 2.96. The highest BCUT2D eigenvalue weighted by Gasteiger charge is 2.24. The number of nitrogens with zero attached hydrogens (tertiary/aromatic N) is 2. The number of hydrogen-bond acceptors (Lipinski definition) is 4. The summed E-state index contributed by atoms with van der Waals surface area (Å²) in [7, 11) is 0. The van der Waals surface area contributed by atoms with Crippen molar-refractivity contribution in [2.75, 3.05) is 6.61 Å². The second-order valence-corrected chi connectivity index (χ2v) is 4.02. The maximum absolute atomic E-state index is 11.5. The molecule has 0 radical (unpaired) electrons. The summed E-state index contributed by atoms with van der Waals surface area (Å²) < 4.78 is 4.85. The standard InChI is InChI=1S/C9H9Cl3N2O2/c1-3-16-8(15)4(2)5-6(10)13-9(12)14-7(5)11/h4H,3H2,1-2H3/t4-/m1/s1. The lowest BCUT2D eigenvalue weighted by Gasteiger charge is -2.12. The Balaban J connectivity index is 3.08. The summed E-state index contributed by atoms with van der Waals surface area (Å²) in [6, 6.07) is 0. The smallest absolute Gasteiger partial charge is 0.313 e. The van der Waals surface area contributed by atoms with Gasteiger partial charge in [0.25, 0.3) is 0 Å². The molecule has 1 heterocycles. The molecule has 7 heteroatoms. The monoisotopic (exact) mass is 282 g/mol. The molecule has 0 aromatic carbocycles. The van der Waals surface area contributed by atoms with E-state index in [4.69, 9.17) is 39.5 Å². The molecule has 0 bridgehead atoms. The Labute approximate surface area is 108 Å². The van der Waals surface area contributed by atoms with E-state index in [9.17, 15) is 4.79 Å². The summed E-state index contributed by atoms with van der Waals surface area (Å²) >= 11 is 17.3. The molecule has 1 aromatic rings. The highest BCUT2D eigenvalue weighted by molar-refractivity contribution is 6.36. The molecular formula is C9H9Cl3N2O2. The number of rotatable bonds is 3. The Hall–Kier alpha value is -0.580. The van der Waals surface area contributed by atoms with Gasteiger partial charge in [0.1, 0.15) is 10.3 Å². The normalized spacial score (nSPS) is 12.3. The average Bonchev–Trinajstić information content (AvgIpc) is 2.16. The molecule has 0 saturated heterocycles. The number of hydrogen-bond donors (Lipinski definition) is 0. The van der Waals surface area contributed by atoms with Crippen LogP contribution in [0.2, 0.25) is 15.6 Å². The Morgan fingerprint density at radius 3 is 2.25 bits per heavy atom. The van der Waals surface area contributed by atoms with Crippen molar-refractivity contribution in [3.63, 3.8) is 0 Å². The predicted molar refractivity (Wildman–Crippen MR) is 62.1 cm³/mol. The van der Waals surface area contributed by atoms with E-state index in [1.165, 1.54) is 0 Å². The first-order valence-electron chi connectivity index (χ1n) is 4.52. The predicted octanol–water partition coefficient (Wildman–Crippen LogP) is 3.10. The molecule has 0 aliphatic heterocycles. The van der Waals surface area contributed by atoms with Crippen LogP contribution in [0.25, 0.3) is 0 Å². The molecule has 0 N–H and O–H groups in total. The van der Waals surface area contributed by atoms with E-state index in [1.54, 1.807) is 13.8 Å². The lowest BCUT2D eigenvalue weighted by Crippen LogP contribution is -2.14. The van der Waals surface area contributed by atoms with Crippen LogP contribution in [0.15, 0.2) is 0 Å². The van der Waals surface area contributed by atoms with Crippen LogP contribution in [-0.4, -0.2) is 22.5 Å². The Morgan fingerprint density at radius 1 is 1.31 bits per heavy atom. The molecule has 1 rings (SSSR count). The van der Waals surface area contributed by atoms with Crippen molar-refractivity contribution in [1.82, 2.24) is 9.97 Å². The fraction of sp³-hybridized carbons (Fsp3) is 0.444. The van der Waals surface area contributed by atoms with Crippen LogP contribution >= 0.6 is 34.8 Å². The zero-order valence-corrected chi connectivity index (χ0v) is 10.9. The van der Waals surface area contributed by atoms with Crippen molar-refractivity contribution in [3.05, 3.63) is 21.2 Å². The summed E-state index contributed by atoms with van der Waals surface area (Å²) in [5, 5.41) is 0.0610. The van der Waals surface area contributed by atoms with Gasteiger partial charge in [-0.3, -0.25) is 4.79 Å². The molecule has 0 spiro atoms. The summed E-state index contributed by atoms with van der Waals surface area (Å²) in [5.74, 6) is -1.06. The van der Waals surface area contributed by atoms with Crippen molar-refractivity contribution in [2.24, 2.45) is 0 Å². The van der Waals surface area contributed by atoms with E-state index in [-0.39, 0.29) is 22.2 Å². The summed E-state index contributed by atoms with van der Waals surface area (Å²) in [6.45, 7) is 3.61. The maximum atomic E-state index is 11.5. The van der Waals surface area contributed by atoms with Gasteiger partial charge in [-0.05, 0) is 25.4 Å². The van der Waals surface area contributed by atoms with Crippen molar-refractivity contribution in [1.29, 1.82) is 0 Å². The minimum Gasteiger partial charge on any atom is -0.466 e. The first kappa shape index (κ1) is 13.5. The first-order chi connectivity index (χ1) is 7.47. The minimum absolute atomic E-state index is 0.0604. The Kier molecular flexibility index (Phi) is 4.77. The molecular weight excluding hydrogens is 274 g/mol. The van der Waals surface area contributed by atoms with E-state index in [0.29, 0.717) is 5.56 Å². The quantitative estimate of drug-likeness (QED) is 0.486. The molecule has 0 unspecified atom stereocenters. The van der Waals surface area contributed by atoms with Gasteiger partial charge in [0.15, 0.2) is 0 Å². The molecule has 0 fully saturated rings. The number of carbonyl (C=O) groups excluding carboxylic acids is 1. The lowest BCUT2D eigenvalue weighted by molar-refractivity contribution is -0.144. The molecule has 88 valence electrons. The van der Waals surface area contributed by atoms with E-state index in [2.05, 4.69) is 9.97 Å². The van der Waals surface area contributed by atoms with Gasteiger partial charge >= 0.3 is 5.97 Å². The summed E-state index contributed by atoms with van der Waals surface area (Å²) in [5.41, 5.74) is 0.325. The summed E-state index contributed by atoms with van der Waals surface area (Å²) in [6.07, 6.45) is 0. The van der Waals surface area contributed by atoms with Gasteiger partial charge < -0.3 is 4.74 Å². The zero-order valence-electron chi connectivity index (χ0n) is 8.63. The third-order valence-electron chi connectivity index (χ3n) is 1.90. The highest BCUT2D eigenvalue weighted by atomic mass is 35.5. The Morgan fingerprint density at radius 2 is 1.81 bits per heavy atom. The number of aromatic nitrogens is 2. The summed E-state index contributed by atoms with van der Waals surface area (Å²) in [4.78, 5) is 19.0. The molecule has 4 nitrogen and oxygen atoms in total. The van der Waals surface area contributed by atoms with Crippen molar-refractivity contribution in [3.8, 4) is 0 Å². The molecule has 0 aliphatic rings. The lowest BCUT2D eigenvalue weighted by atomic mass is 10.1. The van der Waals surface area contributed by atoms with E-state index in [0.717, 1.165) is 0 Å². The van der Waals surface area contributed by atoms with Gasteiger partial charge in [0.05, 0.1) is 12.5 Å². The largest absolute Gasteiger partial charge is 0.466 e.